The zero-order valence-corrected chi connectivity index (χ0v) is 11.6. The van der Waals surface area contributed by atoms with Crippen molar-refractivity contribution < 1.29 is 9.84 Å². The summed E-state index contributed by atoms with van der Waals surface area (Å²) in [5.41, 5.74) is 1.78. The Kier molecular flexibility index (Phi) is 4.38. The molecule has 0 saturated heterocycles. The van der Waals surface area contributed by atoms with Crippen molar-refractivity contribution in [3.63, 3.8) is 0 Å². The lowest BCUT2D eigenvalue weighted by molar-refractivity contribution is 0.202. The van der Waals surface area contributed by atoms with Gasteiger partial charge in [-0.15, -0.1) is 0 Å². The number of aliphatic hydroxyl groups excluding tert-OH is 1. The normalized spacial score (nSPS) is 11.9. The van der Waals surface area contributed by atoms with E-state index in [-0.39, 0.29) is 0 Å². The van der Waals surface area contributed by atoms with Crippen LogP contribution in [0.5, 0.6) is 5.75 Å². The first-order chi connectivity index (χ1) is 9.71. The van der Waals surface area contributed by atoms with Crippen LogP contribution in [0.25, 0.3) is 0 Å². The van der Waals surface area contributed by atoms with Crippen molar-refractivity contribution >= 4 is 0 Å². The highest BCUT2D eigenvalue weighted by Crippen LogP contribution is 2.30. The van der Waals surface area contributed by atoms with Gasteiger partial charge in [-0.2, -0.15) is 10.4 Å². The summed E-state index contributed by atoms with van der Waals surface area (Å²) < 4.78 is 7.00. The second kappa shape index (κ2) is 6.22. The lowest BCUT2D eigenvalue weighted by Crippen LogP contribution is -2.11. The molecule has 0 radical (unpaired) electrons. The largest absolute Gasteiger partial charge is 0.493 e. The maximum Gasteiger partial charge on any atom is 0.163 e. The Hall–Kier alpha value is -2.32. The summed E-state index contributed by atoms with van der Waals surface area (Å²) in [4.78, 5) is 0. The van der Waals surface area contributed by atoms with Crippen molar-refractivity contribution in [2.75, 3.05) is 7.11 Å². The first-order valence-electron chi connectivity index (χ1n) is 6.49. The number of nitrogens with zero attached hydrogens (tertiary/aromatic N) is 3. The number of ether oxygens (including phenoxy) is 1. The molecule has 1 unspecified atom stereocenters. The van der Waals surface area contributed by atoms with Crippen LogP contribution in [0.1, 0.15) is 36.3 Å². The van der Waals surface area contributed by atoms with Gasteiger partial charge in [0.15, 0.2) is 5.75 Å². The minimum atomic E-state index is -0.868. The van der Waals surface area contributed by atoms with Crippen molar-refractivity contribution in [2.24, 2.45) is 0 Å². The number of aliphatic hydroxyl groups is 1. The summed E-state index contributed by atoms with van der Waals surface area (Å²) in [6.07, 6.45) is 1.64. The first kappa shape index (κ1) is 14.1. The molecular weight excluding hydrogens is 254 g/mol. The van der Waals surface area contributed by atoms with E-state index in [1.54, 1.807) is 42.3 Å². The third-order valence-electron chi connectivity index (χ3n) is 3.09. The van der Waals surface area contributed by atoms with E-state index >= 15 is 0 Å². The lowest BCUT2D eigenvalue weighted by atomic mass is 10.0. The van der Waals surface area contributed by atoms with E-state index in [0.717, 1.165) is 6.42 Å². The lowest BCUT2D eigenvalue weighted by Gasteiger charge is -2.15. The predicted molar refractivity (Wildman–Crippen MR) is 74.3 cm³/mol. The van der Waals surface area contributed by atoms with Crippen LogP contribution in [0, 0.1) is 11.3 Å². The summed E-state index contributed by atoms with van der Waals surface area (Å²) in [6, 6.07) is 8.99. The number of hydrogen-bond donors (Lipinski definition) is 1. The fourth-order valence-electron chi connectivity index (χ4n) is 2.14. The molecule has 0 bridgehead atoms. The predicted octanol–water partition coefficient (Wildman–Crippen LogP) is 2.26. The van der Waals surface area contributed by atoms with E-state index in [0.29, 0.717) is 29.1 Å². The van der Waals surface area contributed by atoms with Crippen LogP contribution in [0.4, 0.5) is 0 Å². The van der Waals surface area contributed by atoms with E-state index in [1.807, 2.05) is 6.92 Å². The molecule has 20 heavy (non-hydrogen) atoms. The minimum Gasteiger partial charge on any atom is -0.493 e. The van der Waals surface area contributed by atoms with Crippen LogP contribution in [0.2, 0.25) is 0 Å². The highest BCUT2D eigenvalue weighted by molar-refractivity contribution is 5.39. The van der Waals surface area contributed by atoms with Crippen molar-refractivity contribution in [1.29, 1.82) is 5.26 Å². The quantitative estimate of drug-likeness (QED) is 0.905. The van der Waals surface area contributed by atoms with Crippen molar-refractivity contribution in [3.05, 3.63) is 47.3 Å². The van der Waals surface area contributed by atoms with Gasteiger partial charge in [0.1, 0.15) is 11.8 Å². The summed E-state index contributed by atoms with van der Waals surface area (Å²) >= 11 is 0. The topological polar surface area (TPSA) is 71.1 Å². The van der Waals surface area contributed by atoms with Gasteiger partial charge < -0.3 is 9.84 Å². The standard InChI is InChI=1S/C15H17N3O2/c1-3-7-18-14(13(20-2)10-17-18)15(19)12-6-4-5-11(8-12)9-16/h4-6,8,10,15,19H,3,7H2,1-2H3. The van der Waals surface area contributed by atoms with Crippen LogP contribution >= 0.6 is 0 Å². The molecule has 1 atom stereocenters. The van der Waals surface area contributed by atoms with Crippen LogP contribution in [-0.4, -0.2) is 22.0 Å². The Morgan fingerprint density at radius 3 is 2.95 bits per heavy atom. The molecule has 0 fully saturated rings. The molecule has 2 aromatic rings. The Morgan fingerprint density at radius 2 is 2.30 bits per heavy atom. The Morgan fingerprint density at radius 1 is 1.50 bits per heavy atom. The molecule has 1 aromatic heterocycles. The number of aromatic nitrogens is 2. The second-order valence-corrected chi connectivity index (χ2v) is 4.46. The monoisotopic (exact) mass is 271 g/mol. The van der Waals surface area contributed by atoms with Crippen molar-refractivity contribution in [3.8, 4) is 11.8 Å². The van der Waals surface area contributed by atoms with Gasteiger partial charge in [-0.1, -0.05) is 19.1 Å². The summed E-state index contributed by atoms with van der Waals surface area (Å²) in [6.45, 7) is 2.74. The molecule has 0 aliphatic carbocycles. The first-order valence-corrected chi connectivity index (χ1v) is 6.49. The fraction of sp³-hybridized carbons (Fsp3) is 0.333. The van der Waals surface area contributed by atoms with Gasteiger partial charge in [0.25, 0.3) is 0 Å². The van der Waals surface area contributed by atoms with E-state index in [9.17, 15) is 5.11 Å². The van der Waals surface area contributed by atoms with Gasteiger partial charge in [-0.25, -0.2) is 0 Å². The summed E-state index contributed by atoms with van der Waals surface area (Å²) in [5, 5.41) is 23.7. The maximum atomic E-state index is 10.6. The van der Waals surface area contributed by atoms with Crippen LogP contribution in [0.3, 0.4) is 0 Å². The van der Waals surface area contributed by atoms with Crippen LogP contribution < -0.4 is 4.74 Å². The minimum absolute atomic E-state index is 0.516. The molecule has 0 amide bonds. The molecule has 0 aliphatic heterocycles. The molecule has 0 spiro atoms. The number of hydrogen-bond acceptors (Lipinski definition) is 4. The number of benzene rings is 1. The Bertz CT molecular complexity index is 628. The fourth-order valence-corrected chi connectivity index (χ4v) is 2.14. The van der Waals surface area contributed by atoms with Gasteiger partial charge >= 0.3 is 0 Å². The highest BCUT2D eigenvalue weighted by Gasteiger charge is 2.21. The SMILES string of the molecule is CCCn1ncc(OC)c1C(O)c1cccc(C#N)c1. The number of methoxy groups -OCH3 is 1. The molecule has 1 heterocycles. The average molecular weight is 271 g/mol. The van der Waals surface area contributed by atoms with E-state index in [4.69, 9.17) is 10.00 Å². The zero-order chi connectivity index (χ0) is 14.5. The van der Waals surface area contributed by atoms with Gasteiger partial charge in [0.2, 0.25) is 0 Å². The number of rotatable bonds is 5. The van der Waals surface area contributed by atoms with Gasteiger partial charge in [0, 0.05) is 6.54 Å². The smallest absolute Gasteiger partial charge is 0.163 e. The van der Waals surface area contributed by atoms with Crippen LogP contribution in [-0.2, 0) is 6.54 Å². The molecule has 0 saturated carbocycles. The zero-order valence-electron chi connectivity index (χ0n) is 11.6. The molecule has 1 N–H and O–H groups in total. The Balaban J connectivity index is 2.43. The molecule has 5 nitrogen and oxygen atoms in total. The summed E-state index contributed by atoms with van der Waals surface area (Å²) in [5.74, 6) is 0.549. The van der Waals surface area contributed by atoms with Crippen molar-refractivity contribution in [2.45, 2.75) is 26.0 Å². The molecule has 1 aromatic carbocycles. The molecule has 104 valence electrons. The second-order valence-electron chi connectivity index (χ2n) is 4.46. The maximum absolute atomic E-state index is 10.6. The number of aryl methyl sites for hydroxylation is 1. The number of nitriles is 1. The average Bonchev–Trinajstić information content (AvgIpc) is 2.89. The molecule has 5 heteroatoms. The van der Waals surface area contributed by atoms with E-state index in [1.165, 1.54) is 0 Å². The molecular formula is C15H17N3O2. The van der Waals surface area contributed by atoms with E-state index in [2.05, 4.69) is 11.2 Å². The Labute approximate surface area is 118 Å². The van der Waals surface area contributed by atoms with Gasteiger partial charge in [-0.05, 0) is 24.1 Å². The van der Waals surface area contributed by atoms with Crippen molar-refractivity contribution in [1.82, 2.24) is 9.78 Å². The third kappa shape index (κ3) is 2.65. The van der Waals surface area contributed by atoms with Gasteiger partial charge in [0.05, 0.1) is 24.9 Å². The summed E-state index contributed by atoms with van der Waals surface area (Å²) in [7, 11) is 1.55. The van der Waals surface area contributed by atoms with Crippen LogP contribution in [0.15, 0.2) is 30.5 Å². The highest BCUT2D eigenvalue weighted by atomic mass is 16.5. The third-order valence-corrected chi connectivity index (χ3v) is 3.09. The molecule has 0 aliphatic rings. The van der Waals surface area contributed by atoms with E-state index < -0.39 is 6.10 Å². The van der Waals surface area contributed by atoms with Gasteiger partial charge in [-0.3, -0.25) is 4.68 Å². The molecule has 2 rings (SSSR count).